The molecule has 2 bridgehead atoms. The molecule has 3 unspecified atom stereocenters. The zero-order valence-electron chi connectivity index (χ0n) is 10.2. The van der Waals surface area contributed by atoms with Gasteiger partial charge in [0.2, 0.25) is 0 Å². The average molecular weight is 228 g/mol. The largest absolute Gasteiger partial charge is 0.395 e. The van der Waals surface area contributed by atoms with Gasteiger partial charge in [0, 0.05) is 19.1 Å². The average Bonchev–Trinajstić information content (AvgIpc) is 2.64. The van der Waals surface area contributed by atoms with E-state index < -0.39 is 0 Å². The van der Waals surface area contributed by atoms with Crippen LogP contribution in [0.25, 0.3) is 0 Å². The number of likely N-dealkylation sites (tertiary alicyclic amines) is 1. The standard InChI is InChI=1S/C12H24N2O2/c1-2-13-10(9-15)5-6-14-7-11-3-4-12(8-14)16-11/h10-13,15H,2-9H2,1H3. The van der Waals surface area contributed by atoms with Crippen molar-refractivity contribution in [2.45, 2.75) is 44.4 Å². The number of nitrogens with zero attached hydrogens (tertiary/aromatic N) is 1. The number of likely N-dealkylation sites (N-methyl/N-ethyl adjacent to an activating group) is 1. The van der Waals surface area contributed by atoms with Crippen LogP contribution in [0.5, 0.6) is 0 Å². The van der Waals surface area contributed by atoms with Crippen molar-refractivity contribution >= 4 is 0 Å². The third kappa shape index (κ3) is 3.17. The van der Waals surface area contributed by atoms with Gasteiger partial charge in [0.15, 0.2) is 0 Å². The van der Waals surface area contributed by atoms with Crippen molar-refractivity contribution in [2.24, 2.45) is 0 Å². The molecule has 2 aliphatic heterocycles. The van der Waals surface area contributed by atoms with E-state index >= 15 is 0 Å². The first kappa shape index (κ1) is 12.3. The Kier molecular flexibility index (Phi) is 4.58. The van der Waals surface area contributed by atoms with Gasteiger partial charge >= 0.3 is 0 Å². The van der Waals surface area contributed by atoms with Crippen molar-refractivity contribution in [3.63, 3.8) is 0 Å². The van der Waals surface area contributed by atoms with Crippen LogP contribution in [-0.2, 0) is 4.74 Å². The lowest BCUT2D eigenvalue weighted by Crippen LogP contribution is -2.45. The minimum Gasteiger partial charge on any atom is -0.395 e. The van der Waals surface area contributed by atoms with Crippen LogP contribution in [-0.4, -0.2) is 61.0 Å². The molecule has 3 atom stereocenters. The first-order valence-corrected chi connectivity index (χ1v) is 6.54. The highest BCUT2D eigenvalue weighted by Crippen LogP contribution is 2.26. The van der Waals surface area contributed by atoms with E-state index in [1.807, 2.05) is 0 Å². The molecule has 16 heavy (non-hydrogen) atoms. The predicted octanol–water partition coefficient (Wildman–Crippen LogP) is 0.210. The summed E-state index contributed by atoms with van der Waals surface area (Å²) >= 11 is 0. The van der Waals surface area contributed by atoms with E-state index in [0.717, 1.165) is 32.6 Å². The number of fused-ring (bicyclic) bond motifs is 2. The highest BCUT2D eigenvalue weighted by atomic mass is 16.5. The molecule has 0 spiro atoms. The molecule has 0 radical (unpaired) electrons. The molecule has 4 heteroatoms. The molecule has 4 nitrogen and oxygen atoms in total. The van der Waals surface area contributed by atoms with Crippen LogP contribution >= 0.6 is 0 Å². The second-order valence-corrected chi connectivity index (χ2v) is 4.94. The van der Waals surface area contributed by atoms with Crippen LogP contribution in [0.2, 0.25) is 0 Å². The molecule has 2 heterocycles. The third-order valence-corrected chi connectivity index (χ3v) is 3.63. The summed E-state index contributed by atoms with van der Waals surface area (Å²) in [5.74, 6) is 0. The lowest BCUT2D eigenvalue weighted by Gasteiger charge is -2.32. The predicted molar refractivity (Wildman–Crippen MR) is 63.5 cm³/mol. The van der Waals surface area contributed by atoms with Gasteiger partial charge in [-0.15, -0.1) is 0 Å². The van der Waals surface area contributed by atoms with Crippen LogP contribution in [0.15, 0.2) is 0 Å². The summed E-state index contributed by atoms with van der Waals surface area (Å²) in [6.45, 7) is 6.50. The summed E-state index contributed by atoms with van der Waals surface area (Å²) in [4.78, 5) is 2.49. The topological polar surface area (TPSA) is 44.7 Å². The number of aliphatic hydroxyl groups is 1. The first-order chi connectivity index (χ1) is 7.81. The van der Waals surface area contributed by atoms with Gasteiger partial charge in [-0.05, 0) is 32.4 Å². The summed E-state index contributed by atoms with van der Waals surface area (Å²) in [6.07, 6.45) is 4.45. The molecule has 2 rings (SSSR count). The van der Waals surface area contributed by atoms with Crippen LogP contribution in [0.3, 0.4) is 0 Å². The minimum atomic E-state index is 0.241. The SMILES string of the molecule is CCNC(CO)CCN1CC2CCC(C1)O2. The lowest BCUT2D eigenvalue weighted by molar-refractivity contribution is -0.0394. The molecule has 2 fully saturated rings. The van der Waals surface area contributed by atoms with Gasteiger partial charge in [0.25, 0.3) is 0 Å². The fourth-order valence-electron chi connectivity index (χ4n) is 2.77. The van der Waals surface area contributed by atoms with E-state index in [-0.39, 0.29) is 12.6 Å². The van der Waals surface area contributed by atoms with E-state index in [1.54, 1.807) is 0 Å². The van der Waals surface area contributed by atoms with Crippen molar-refractivity contribution in [3.05, 3.63) is 0 Å². The Hall–Kier alpha value is -0.160. The summed E-state index contributed by atoms with van der Waals surface area (Å²) < 4.78 is 5.80. The molecule has 0 aromatic heterocycles. The Labute approximate surface area is 98.0 Å². The molecule has 2 aliphatic rings. The van der Waals surface area contributed by atoms with Crippen molar-refractivity contribution < 1.29 is 9.84 Å². The summed E-state index contributed by atoms with van der Waals surface area (Å²) in [5, 5.41) is 12.5. The quantitative estimate of drug-likeness (QED) is 0.682. The van der Waals surface area contributed by atoms with Crippen LogP contribution in [0.4, 0.5) is 0 Å². The van der Waals surface area contributed by atoms with Crippen molar-refractivity contribution in [2.75, 3.05) is 32.8 Å². The molecule has 0 aromatic rings. The van der Waals surface area contributed by atoms with E-state index in [2.05, 4.69) is 17.1 Å². The number of hydrogen-bond donors (Lipinski definition) is 2. The maximum absolute atomic E-state index is 9.20. The molecular weight excluding hydrogens is 204 g/mol. The molecule has 0 aromatic carbocycles. The number of morpholine rings is 1. The summed E-state index contributed by atoms with van der Waals surface area (Å²) in [6, 6.07) is 0.255. The fraction of sp³-hybridized carbons (Fsp3) is 1.00. The number of rotatable bonds is 6. The smallest absolute Gasteiger partial charge is 0.0707 e. The maximum Gasteiger partial charge on any atom is 0.0707 e. The van der Waals surface area contributed by atoms with Gasteiger partial charge in [-0.2, -0.15) is 0 Å². The zero-order valence-corrected chi connectivity index (χ0v) is 10.2. The normalized spacial score (nSPS) is 31.9. The Morgan fingerprint density at radius 1 is 1.38 bits per heavy atom. The highest BCUT2D eigenvalue weighted by molar-refractivity contribution is 4.85. The first-order valence-electron chi connectivity index (χ1n) is 6.54. The van der Waals surface area contributed by atoms with Crippen molar-refractivity contribution in [3.8, 4) is 0 Å². The number of nitrogens with one attached hydrogen (secondary N) is 1. The summed E-state index contributed by atoms with van der Waals surface area (Å²) in [5.41, 5.74) is 0. The van der Waals surface area contributed by atoms with E-state index in [1.165, 1.54) is 12.8 Å². The molecule has 94 valence electrons. The second kappa shape index (κ2) is 5.96. The fourth-order valence-corrected chi connectivity index (χ4v) is 2.77. The number of ether oxygens (including phenoxy) is 1. The van der Waals surface area contributed by atoms with Crippen molar-refractivity contribution in [1.82, 2.24) is 10.2 Å². The number of hydrogen-bond acceptors (Lipinski definition) is 4. The Bertz CT molecular complexity index is 201. The molecule has 2 N–H and O–H groups in total. The van der Waals surface area contributed by atoms with E-state index in [4.69, 9.17) is 4.74 Å². The van der Waals surface area contributed by atoms with Gasteiger partial charge in [-0.25, -0.2) is 0 Å². The Morgan fingerprint density at radius 3 is 2.62 bits per heavy atom. The third-order valence-electron chi connectivity index (χ3n) is 3.63. The molecule has 0 saturated carbocycles. The second-order valence-electron chi connectivity index (χ2n) is 4.94. The minimum absolute atomic E-state index is 0.241. The van der Waals surface area contributed by atoms with Gasteiger partial charge in [0.1, 0.15) is 0 Å². The zero-order chi connectivity index (χ0) is 11.4. The van der Waals surface area contributed by atoms with E-state index in [9.17, 15) is 5.11 Å². The van der Waals surface area contributed by atoms with Crippen LogP contribution in [0, 0.1) is 0 Å². The Balaban J connectivity index is 1.69. The molecule has 2 saturated heterocycles. The van der Waals surface area contributed by atoms with Crippen LogP contribution < -0.4 is 5.32 Å². The van der Waals surface area contributed by atoms with Gasteiger partial charge in [-0.1, -0.05) is 6.92 Å². The summed E-state index contributed by atoms with van der Waals surface area (Å²) in [7, 11) is 0. The lowest BCUT2D eigenvalue weighted by atomic mass is 10.2. The Morgan fingerprint density at radius 2 is 2.06 bits per heavy atom. The van der Waals surface area contributed by atoms with Gasteiger partial charge < -0.3 is 15.2 Å². The highest BCUT2D eigenvalue weighted by Gasteiger charge is 2.33. The maximum atomic E-state index is 9.20. The molecule has 0 aliphatic carbocycles. The van der Waals surface area contributed by atoms with Crippen molar-refractivity contribution in [1.29, 1.82) is 0 Å². The van der Waals surface area contributed by atoms with Crippen LogP contribution in [0.1, 0.15) is 26.2 Å². The monoisotopic (exact) mass is 228 g/mol. The van der Waals surface area contributed by atoms with Gasteiger partial charge in [0.05, 0.1) is 18.8 Å². The van der Waals surface area contributed by atoms with E-state index in [0.29, 0.717) is 12.2 Å². The number of aliphatic hydroxyl groups excluding tert-OH is 1. The molecular formula is C12H24N2O2. The molecule has 0 amide bonds. The van der Waals surface area contributed by atoms with Gasteiger partial charge in [-0.3, -0.25) is 4.90 Å².